The normalized spacial score (nSPS) is 12.5. The molecule has 0 aliphatic rings. The highest BCUT2D eigenvalue weighted by Gasteiger charge is 2.41. The molecule has 134 valence electrons. The maximum Gasteiger partial charge on any atom is 0.420 e. The average Bonchev–Trinajstić information content (AvgIpc) is 2.84. The van der Waals surface area contributed by atoms with Crippen LogP contribution in [0.15, 0.2) is 12.4 Å². The third-order valence-corrected chi connectivity index (χ3v) is 10.8. The van der Waals surface area contributed by atoms with Crippen LogP contribution in [0.4, 0.5) is 4.79 Å². The largest absolute Gasteiger partial charge is 0.443 e. The Hall–Kier alpha value is -1.54. The zero-order valence-electron chi connectivity index (χ0n) is 16.6. The monoisotopic (exact) mass is 348 g/mol. The van der Waals surface area contributed by atoms with Crippen molar-refractivity contribution in [2.75, 3.05) is 0 Å². The number of hydrogen-bond acceptors (Lipinski definition) is 3. The number of hydrogen-bond donors (Lipinski definition) is 0. The third kappa shape index (κ3) is 4.51. The highest BCUT2D eigenvalue weighted by molar-refractivity contribution is 6.90. The van der Waals surface area contributed by atoms with E-state index in [1.54, 1.807) is 12.4 Å². The van der Waals surface area contributed by atoms with E-state index in [1.165, 1.54) is 4.57 Å². The van der Waals surface area contributed by atoms with Crippen LogP contribution in [0.5, 0.6) is 0 Å². The van der Waals surface area contributed by atoms with Crippen molar-refractivity contribution in [1.29, 1.82) is 0 Å². The van der Waals surface area contributed by atoms with E-state index in [4.69, 9.17) is 4.74 Å². The molecule has 0 bridgehead atoms. The summed E-state index contributed by atoms with van der Waals surface area (Å²) in [5.74, 6) is 3.67. The van der Waals surface area contributed by atoms with E-state index in [1.807, 2.05) is 20.8 Å². The quantitative estimate of drug-likeness (QED) is 0.554. The minimum atomic E-state index is -1.85. The lowest BCUT2D eigenvalue weighted by molar-refractivity contribution is 0.0535. The Bertz CT molecular complexity index is 606. The SMILES string of the molecule is CC(C)[Si](C#Cc1nccn1C(=O)OC(C)(C)C)(C(C)C)C(C)C. The second-order valence-corrected chi connectivity index (χ2v) is 13.8. The lowest BCUT2D eigenvalue weighted by Crippen LogP contribution is -2.43. The number of ether oxygens (including phenoxy) is 1. The molecule has 1 aromatic heterocycles. The fraction of sp³-hybridized carbons (Fsp3) is 0.684. The van der Waals surface area contributed by atoms with Crippen LogP contribution in [0.1, 0.15) is 68.1 Å². The van der Waals surface area contributed by atoms with Crippen LogP contribution in [0.2, 0.25) is 16.6 Å². The van der Waals surface area contributed by atoms with Gasteiger partial charge in [-0.1, -0.05) is 41.5 Å². The van der Waals surface area contributed by atoms with Gasteiger partial charge in [0.1, 0.15) is 13.7 Å². The first-order chi connectivity index (χ1) is 10.9. The summed E-state index contributed by atoms with van der Waals surface area (Å²) in [6.07, 6.45) is 2.77. The Morgan fingerprint density at radius 1 is 1.12 bits per heavy atom. The second-order valence-electron chi connectivity index (χ2n) is 8.25. The van der Waals surface area contributed by atoms with Gasteiger partial charge >= 0.3 is 6.09 Å². The van der Waals surface area contributed by atoms with Crippen molar-refractivity contribution in [2.24, 2.45) is 0 Å². The summed E-state index contributed by atoms with van der Waals surface area (Å²) in [6.45, 7) is 19.1. The van der Waals surface area contributed by atoms with Gasteiger partial charge in [0.2, 0.25) is 0 Å². The fourth-order valence-electron chi connectivity index (χ4n) is 3.45. The highest BCUT2D eigenvalue weighted by Crippen LogP contribution is 2.40. The van der Waals surface area contributed by atoms with Crippen LogP contribution in [0.3, 0.4) is 0 Å². The molecule has 0 aromatic carbocycles. The molecule has 0 saturated heterocycles. The number of aromatic nitrogens is 2. The summed E-state index contributed by atoms with van der Waals surface area (Å²) in [5.41, 5.74) is 4.66. The van der Waals surface area contributed by atoms with Gasteiger partial charge in [-0.25, -0.2) is 14.3 Å². The Balaban J connectivity index is 3.26. The molecule has 0 aliphatic carbocycles. The first-order valence-corrected chi connectivity index (χ1v) is 10.9. The van der Waals surface area contributed by atoms with Gasteiger partial charge in [0.25, 0.3) is 0 Å². The molecule has 0 spiro atoms. The van der Waals surface area contributed by atoms with Gasteiger partial charge in [-0.15, -0.1) is 5.54 Å². The molecule has 1 rings (SSSR count). The van der Waals surface area contributed by atoms with Crippen LogP contribution in [0.25, 0.3) is 0 Å². The first-order valence-electron chi connectivity index (χ1n) is 8.71. The number of imidazole rings is 1. The molecule has 0 saturated carbocycles. The van der Waals surface area contributed by atoms with Crippen LogP contribution in [-0.2, 0) is 4.74 Å². The van der Waals surface area contributed by atoms with E-state index in [2.05, 4.69) is 58.0 Å². The summed E-state index contributed by atoms with van der Waals surface area (Å²) in [5, 5.41) is 0. The minimum Gasteiger partial charge on any atom is -0.443 e. The topological polar surface area (TPSA) is 44.1 Å². The molecular weight excluding hydrogens is 316 g/mol. The standard InChI is InChI=1S/C19H32N2O2Si/c1-14(2)24(15(3)4,16(5)6)13-10-17-20-11-12-21(17)18(22)23-19(7,8)9/h11-12,14-16H,1-9H3. The van der Waals surface area contributed by atoms with Crippen LogP contribution in [-0.4, -0.2) is 29.3 Å². The maximum absolute atomic E-state index is 12.3. The van der Waals surface area contributed by atoms with Crippen molar-refractivity contribution >= 4 is 14.2 Å². The van der Waals surface area contributed by atoms with E-state index in [9.17, 15) is 4.79 Å². The Labute approximate surface area is 148 Å². The van der Waals surface area contributed by atoms with Gasteiger partial charge in [0.15, 0.2) is 5.82 Å². The van der Waals surface area contributed by atoms with Crippen LogP contribution in [0, 0.1) is 11.5 Å². The third-order valence-electron chi connectivity index (χ3n) is 4.49. The van der Waals surface area contributed by atoms with Gasteiger partial charge < -0.3 is 4.74 Å². The Kier molecular flexibility index (Phi) is 6.46. The van der Waals surface area contributed by atoms with Gasteiger partial charge in [-0.05, 0) is 43.3 Å². The van der Waals surface area contributed by atoms with E-state index in [0.717, 1.165) is 0 Å². The summed E-state index contributed by atoms with van der Waals surface area (Å²) < 4.78 is 6.83. The maximum atomic E-state index is 12.3. The zero-order chi connectivity index (χ0) is 18.7. The minimum absolute atomic E-state index is 0.435. The molecule has 0 fully saturated rings. The predicted molar refractivity (Wildman–Crippen MR) is 102 cm³/mol. The van der Waals surface area contributed by atoms with Gasteiger partial charge in [0.05, 0.1) is 0 Å². The first kappa shape index (κ1) is 20.5. The smallest absolute Gasteiger partial charge is 0.420 e. The molecule has 0 amide bonds. The van der Waals surface area contributed by atoms with Crippen molar-refractivity contribution in [3.8, 4) is 11.5 Å². The Morgan fingerprint density at radius 3 is 2.04 bits per heavy atom. The molecular formula is C19H32N2O2Si. The van der Waals surface area contributed by atoms with Crippen LogP contribution >= 0.6 is 0 Å². The molecule has 24 heavy (non-hydrogen) atoms. The van der Waals surface area contributed by atoms with Gasteiger partial charge in [-0.3, -0.25) is 0 Å². The van der Waals surface area contributed by atoms with E-state index in [-0.39, 0.29) is 0 Å². The van der Waals surface area contributed by atoms with E-state index < -0.39 is 19.8 Å². The summed E-state index contributed by atoms with van der Waals surface area (Å²) in [7, 11) is -1.85. The zero-order valence-corrected chi connectivity index (χ0v) is 17.6. The highest BCUT2D eigenvalue weighted by atomic mass is 28.3. The summed E-state index contributed by atoms with van der Waals surface area (Å²) in [6, 6.07) is 0. The van der Waals surface area contributed by atoms with Crippen LogP contribution < -0.4 is 0 Å². The molecule has 1 heterocycles. The molecule has 0 radical (unpaired) electrons. The van der Waals surface area contributed by atoms with Crippen molar-refractivity contribution in [1.82, 2.24) is 9.55 Å². The molecule has 0 atom stereocenters. The van der Waals surface area contributed by atoms with Gasteiger partial charge in [0, 0.05) is 12.4 Å². The molecule has 4 nitrogen and oxygen atoms in total. The van der Waals surface area contributed by atoms with Crippen molar-refractivity contribution in [2.45, 2.75) is 84.5 Å². The van der Waals surface area contributed by atoms with Crippen molar-refractivity contribution < 1.29 is 9.53 Å². The lowest BCUT2D eigenvalue weighted by atomic mass is 10.2. The summed E-state index contributed by atoms with van der Waals surface area (Å²) in [4.78, 5) is 16.6. The predicted octanol–water partition coefficient (Wildman–Crippen LogP) is 5.24. The number of carbonyl (C=O) groups is 1. The Morgan fingerprint density at radius 2 is 1.62 bits per heavy atom. The molecule has 0 N–H and O–H groups in total. The number of nitrogens with zero attached hydrogens (tertiary/aromatic N) is 2. The fourth-order valence-corrected chi connectivity index (χ4v) is 8.65. The molecule has 0 unspecified atom stereocenters. The van der Waals surface area contributed by atoms with E-state index >= 15 is 0 Å². The number of carbonyl (C=O) groups excluding carboxylic acids is 1. The average molecular weight is 349 g/mol. The number of rotatable bonds is 3. The molecule has 5 heteroatoms. The van der Waals surface area contributed by atoms with Gasteiger partial charge in [-0.2, -0.15) is 0 Å². The summed E-state index contributed by atoms with van der Waals surface area (Å²) >= 11 is 0. The lowest BCUT2D eigenvalue weighted by Gasteiger charge is -2.37. The molecule has 1 aromatic rings. The molecule has 0 aliphatic heterocycles. The van der Waals surface area contributed by atoms with E-state index in [0.29, 0.717) is 22.4 Å². The van der Waals surface area contributed by atoms with Crippen molar-refractivity contribution in [3.05, 3.63) is 18.2 Å². The van der Waals surface area contributed by atoms with Crippen molar-refractivity contribution in [3.63, 3.8) is 0 Å². The second kappa shape index (κ2) is 7.56.